The summed E-state index contributed by atoms with van der Waals surface area (Å²) in [5.41, 5.74) is 2.40. The number of thioether (sulfide) groups is 1. The van der Waals surface area contributed by atoms with Crippen molar-refractivity contribution in [3.05, 3.63) is 29.3 Å². The number of hydrogen-bond donors (Lipinski definition) is 1. The third-order valence-electron chi connectivity index (χ3n) is 3.77. The van der Waals surface area contributed by atoms with E-state index in [0.29, 0.717) is 24.3 Å². The first kappa shape index (κ1) is 18.5. The lowest BCUT2D eigenvalue weighted by Gasteiger charge is -2.05. The number of fused-ring (bicyclic) bond motifs is 1. The number of esters is 1. The van der Waals surface area contributed by atoms with Crippen molar-refractivity contribution in [2.24, 2.45) is 0 Å². The summed E-state index contributed by atoms with van der Waals surface area (Å²) in [4.78, 5) is 34.1. The highest BCUT2D eigenvalue weighted by Gasteiger charge is 2.18. The zero-order valence-corrected chi connectivity index (χ0v) is 14.7. The van der Waals surface area contributed by atoms with Gasteiger partial charge >= 0.3 is 5.97 Å². The lowest BCUT2D eigenvalue weighted by atomic mass is 10.1. The number of Topliss-reactive ketones (excluding diaryl/α,β-unsaturated/α-hetero) is 1. The lowest BCUT2D eigenvalue weighted by molar-refractivity contribution is -0.141. The maximum absolute atomic E-state index is 12.2. The minimum Gasteiger partial charge on any atom is -0.466 e. The van der Waals surface area contributed by atoms with Crippen molar-refractivity contribution < 1.29 is 19.1 Å². The average molecular weight is 349 g/mol. The molecule has 0 atom stereocenters. The van der Waals surface area contributed by atoms with Gasteiger partial charge in [-0.3, -0.25) is 14.4 Å². The monoisotopic (exact) mass is 349 g/mol. The van der Waals surface area contributed by atoms with Crippen molar-refractivity contribution in [1.29, 1.82) is 0 Å². The van der Waals surface area contributed by atoms with Crippen molar-refractivity contribution in [2.45, 2.75) is 39.0 Å². The van der Waals surface area contributed by atoms with Crippen LogP contribution in [0.4, 0.5) is 5.69 Å². The van der Waals surface area contributed by atoms with Crippen molar-refractivity contribution in [1.82, 2.24) is 0 Å². The fraction of sp³-hybridized carbons (Fsp3) is 0.500. The zero-order chi connectivity index (χ0) is 17.4. The van der Waals surface area contributed by atoms with Gasteiger partial charge in [-0.15, -0.1) is 0 Å². The largest absolute Gasteiger partial charge is 0.466 e. The van der Waals surface area contributed by atoms with Gasteiger partial charge in [0.2, 0.25) is 5.91 Å². The summed E-state index contributed by atoms with van der Waals surface area (Å²) < 4.78 is 4.87. The molecule has 1 aliphatic rings. The molecule has 1 aromatic carbocycles. The number of ether oxygens (including phenoxy) is 1. The van der Waals surface area contributed by atoms with E-state index >= 15 is 0 Å². The Bertz CT molecular complexity index is 615. The molecule has 130 valence electrons. The summed E-state index contributed by atoms with van der Waals surface area (Å²) in [6.45, 7) is 1.92. The summed E-state index contributed by atoms with van der Waals surface area (Å²) in [6, 6.07) is 5.41. The fourth-order valence-electron chi connectivity index (χ4n) is 2.53. The topological polar surface area (TPSA) is 72.5 Å². The number of amides is 1. The first-order valence-electron chi connectivity index (χ1n) is 8.23. The fourth-order valence-corrected chi connectivity index (χ4v) is 3.43. The second-order valence-corrected chi connectivity index (χ2v) is 6.93. The minimum absolute atomic E-state index is 0.0160. The van der Waals surface area contributed by atoms with Gasteiger partial charge in [0.15, 0.2) is 5.78 Å². The van der Waals surface area contributed by atoms with E-state index in [1.165, 1.54) is 6.92 Å². The van der Waals surface area contributed by atoms with Crippen molar-refractivity contribution >= 4 is 35.1 Å². The van der Waals surface area contributed by atoms with Gasteiger partial charge in [-0.05, 0) is 42.4 Å². The van der Waals surface area contributed by atoms with Gasteiger partial charge in [0.05, 0.1) is 18.8 Å². The Morgan fingerprint density at radius 2 is 2.00 bits per heavy atom. The Balaban J connectivity index is 1.58. The van der Waals surface area contributed by atoms with Crippen molar-refractivity contribution in [2.75, 3.05) is 23.4 Å². The van der Waals surface area contributed by atoms with E-state index in [0.717, 1.165) is 42.7 Å². The molecule has 1 N–H and O–H groups in total. The summed E-state index contributed by atoms with van der Waals surface area (Å²) in [5.74, 6) is 1.28. The van der Waals surface area contributed by atoms with Gasteiger partial charge in [0.25, 0.3) is 0 Å². The third kappa shape index (κ3) is 6.00. The molecule has 6 heteroatoms. The van der Waals surface area contributed by atoms with Crippen LogP contribution in [0.25, 0.3) is 0 Å². The molecule has 1 aliphatic heterocycles. The SMILES string of the molecule is CC(=O)OCCCCCCSCC(=O)c1ccc2c(c1)CC(=O)N2. The predicted molar refractivity (Wildman–Crippen MR) is 95.5 cm³/mol. The molecule has 0 saturated heterocycles. The predicted octanol–water partition coefficient (Wildman–Crippen LogP) is 3.22. The highest BCUT2D eigenvalue weighted by molar-refractivity contribution is 7.99. The van der Waals surface area contributed by atoms with E-state index < -0.39 is 0 Å². The number of rotatable bonds is 10. The van der Waals surface area contributed by atoms with E-state index in [-0.39, 0.29) is 17.7 Å². The second-order valence-electron chi connectivity index (χ2n) is 5.83. The van der Waals surface area contributed by atoms with Gasteiger partial charge in [-0.25, -0.2) is 0 Å². The molecule has 0 aromatic heterocycles. The van der Waals surface area contributed by atoms with Crippen LogP contribution in [0.1, 0.15) is 48.5 Å². The molecule has 1 amide bonds. The Morgan fingerprint density at radius 3 is 2.79 bits per heavy atom. The number of anilines is 1. The first-order chi connectivity index (χ1) is 11.6. The summed E-state index contributed by atoms with van der Waals surface area (Å²) in [6.07, 6.45) is 4.42. The first-order valence-corrected chi connectivity index (χ1v) is 9.39. The molecule has 24 heavy (non-hydrogen) atoms. The Morgan fingerprint density at radius 1 is 1.21 bits per heavy atom. The van der Waals surface area contributed by atoms with Crippen LogP contribution >= 0.6 is 11.8 Å². The maximum atomic E-state index is 12.2. The summed E-state index contributed by atoms with van der Waals surface area (Å²) in [5, 5.41) is 2.77. The number of ketones is 1. The van der Waals surface area contributed by atoms with Crippen molar-refractivity contribution in [3.63, 3.8) is 0 Å². The van der Waals surface area contributed by atoms with Gasteiger partial charge in [0, 0.05) is 18.2 Å². The third-order valence-corrected chi connectivity index (χ3v) is 4.82. The Labute approximate surface area is 146 Å². The van der Waals surface area contributed by atoms with Crippen LogP contribution in [0.3, 0.4) is 0 Å². The number of nitrogens with one attached hydrogen (secondary N) is 1. The van der Waals surface area contributed by atoms with Gasteiger partial charge < -0.3 is 10.1 Å². The second kappa shape index (κ2) is 9.47. The smallest absolute Gasteiger partial charge is 0.302 e. The van der Waals surface area contributed by atoms with E-state index in [4.69, 9.17) is 4.74 Å². The van der Waals surface area contributed by atoms with Crippen LogP contribution in [0.2, 0.25) is 0 Å². The molecule has 0 aliphatic carbocycles. The lowest BCUT2D eigenvalue weighted by Crippen LogP contribution is -2.03. The zero-order valence-electron chi connectivity index (χ0n) is 13.9. The maximum Gasteiger partial charge on any atom is 0.302 e. The normalized spacial score (nSPS) is 12.6. The van der Waals surface area contributed by atoms with Gasteiger partial charge in [0.1, 0.15) is 0 Å². The number of carbonyl (C=O) groups excluding carboxylic acids is 3. The summed E-state index contributed by atoms with van der Waals surface area (Å²) >= 11 is 1.64. The van der Waals surface area contributed by atoms with Crippen LogP contribution in [0.5, 0.6) is 0 Å². The van der Waals surface area contributed by atoms with Gasteiger partial charge in [-0.2, -0.15) is 11.8 Å². The molecule has 0 unspecified atom stereocenters. The molecule has 0 spiro atoms. The van der Waals surface area contributed by atoms with Crippen LogP contribution < -0.4 is 5.32 Å². The molecule has 0 bridgehead atoms. The molecule has 0 fully saturated rings. The Kier molecular flexibility index (Phi) is 7.31. The molecule has 0 saturated carbocycles. The molecular weight excluding hydrogens is 326 g/mol. The highest BCUT2D eigenvalue weighted by atomic mass is 32.2. The number of unbranched alkanes of at least 4 members (excludes halogenated alkanes) is 3. The van der Waals surface area contributed by atoms with E-state index in [9.17, 15) is 14.4 Å². The number of hydrogen-bond acceptors (Lipinski definition) is 5. The van der Waals surface area contributed by atoms with Crippen LogP contribution in [-0.4, -0.2) is 35.8 Å². The molecule has 2 rings (SSSR count). The molecule has 5 nitrogen and oxygen atoms in total. The number of carbonyl (C=O) groups is 3. The molecular formula is C18H23NO4S. The molecule has 1 aromatic rings. The van der Waals surface area contributed by atoms with Crippen LogP contribution in [0.15, 0.2) is 18.2 Å². The average Bonchev–Trinajstić information content (AvgIpc) is 2.91. The quantitative estimate of drug-likeness (QED) is 0.399. The van der Waals surface area contributed by atoms with Crippen molar-refractivity contribution in [3.8, 4) is 0 Å². The van der Waals surface area contributed by atoms with Crippen LogP contribution in [0, 0.1) is 0 Å². The van der Waals surface area contributed by atoms with Crippen LogP contribution in [-0.2, 0) is 20.7 Å². The van der Waals surface area contributed by atoms with Gasteiger partial charge in [-0.1, -0.05) is 12.8 Å². The molecule has 0 radical (unpaired) electrons. The number of benzene rings is 1. The molecule has 1 heterocycles. The van der Waals surface area contributed by atoms with E-state index in [1.807, 2.05) is 6.07 Å². The van der Waals surface area contributed by atoms with E-state index in [1.54, 1.807) is 23.9 Å². The summed E-state index contributed by atoms with van der Waals surface area (Å²) in [7, 11) is 0. The minimum atomic E-state index is -0.226. The highest BCUT2D eigenvalue weighted by Crippen LogP contribution is 2.24. The van der Waals surface area contributed by atoms with E-state index in [2.05, 4.69) is 5.32 Å². The Hall–Kier alpha value is -1.82. The standard InChI is InChI=1S/C18H23NO4S/c1-13(20)23-8-4-2-3-5-9-24-12-17(21)14-6-7-16-15(10-14)11-18(22)19-16/h6-7,10H,2-5,8-9,11-12H2,1H3,(H,19,22).